The Hall–Kier alpha value is -3.31. The van der Waals surface area contributed by atoms with E-state index in [1.807, 2.05) is 0 Å². The summed E-state index contributed by atoms with van der Waals surface area (Å²) >= 11 is 0. The zero-order valence-corrected chi connectivity index (χ0v) is 18.7. The van der Waals surface area contributed by atoms with E-state index >= 15 is 0 Å². The third-order valence-corrected chi connectivity index (χ3v) is 6.73. The summed E-state index contributed by atoms with van der Waals surface area (Å²) in [5.41, 5.74) is 2.13. The lowest BCUT2D eigenvalue weighted by Crippen LogP contribution is -2.71. The maximum absolute atomic E-state index is 13.0. The molecule has 2 heterocycles. The fourth-order valence-electron chi connectivity index (χ4n) is 4.69. The maximum atomic E-state index is 13.0. The highest BCUT2D eigenvalue weighted by molar-refractivity contribution is 5.98. The van der Waals surface area contributed by atoms with Gasteiger partial charge in [0, 0.05) is 37.4 Å². The first-order valence-electron chi connectivity index (χ1n) is 11.0. The standard InChI is InChI=1S/C22H22F6N6O2/c1-30-16-8-14(33-10-20(36,11-33)22(26,27)28)6-7-17(16)34-9-15(18(29)35)19(32-34)31-13-4-2-12(3-5-13)21(23,24)25/h1-5,9,14,16-17,36H,6-8,10-11H2,(H2-,29,31,32,35)/p+1/t14-,16+,17+/m1/s1. The minimum Gasteiger partial charge on any atom is -0.378 e. The first kappa shape index (κ1) is 25.8. The van der Waals surface area contributed by atoms with Crippen molar-refractivity contribution in [2.45, 2.75) is 55.3 Å². The number of rotatable bonds is 5. The van der Waals surface area contributed by atoms with Crippen LogP contribution in [0, 0.1) is 6.57 Å². The lowest BCUT2D eigenvalue weighted by molar-refractivity contribution is -0.306. The molecule has 1 aromatic heterocycles. The van der Waals surface area contributed by atoms with Crippen LogP contribution in [0.2, 0.25) is 0 Å². The highest BCUT2D eigenvalue weighted by Gasteiger charge is 2.62. The number of hydrogen-bond acceptors (Lipinski definition) is 5. The van der Waals surface area contributed by atoms with Crippen LogP contribution >= 0.6 is 0 Å². The van der Waals surface area contributed by atoms with E-state index < -0.39 is 54.6 Å². The lowest BCUT2D eigenvalue weighted by atomic mass is 9.82. The van der Waals surface area contributed by atoms with Crippen molar-refractivity contribution in [1.29, 1.82) is 0 Å². The molecule has 0 radical (unpaired) electrons. The van der Waals surface area contributed by atoms with Gasteiger partial charge in [-0.05, 0) is 37.1 Å². The average Bonchev–Trinajstić information content (AvgIpc) is 3.19. The molecule has 4 N–H and O–H groups in total. The number of nitrogens with two attached hydrogens (primary N) is 1. The summed E-state index contributed by atoms with van der Waals surface area (Å²) in [5.74, 6) is -0.796. The second kappa shape index (κ2) is 8.97. The molecule has 4 rings (SSSR count). The summed E-state index contributed by atoms with van der Waals surface area (Å²) in [4.78, 5) is 17.4. The zero-order valence-electron chi connectivity index (χ0n) is 18.7. The highest BCUT2D eigenvalue weighted by atomic mass is 19.4. The molecule has 14 heteroatoms. The van der Waals surface area contributed by atoms with Gasteiger partial charge < -0.3 is 16.2 Å². The summed E-state index contributed by atoms with van der Waals surface area (Å²) < 4.78 is 78.8. The van der Waals surface area contributed by atoms with Crippen molar-refractivity contribution in [2.75, 3.05) is 18.4 Å². The number of aliphatic hydroxyl groups is 1. The number of anilines is 2. The molecule has 3 atom stereocenters. The van der Waals surface area contributed by atoms with Gasteiger partial charge in [0.05, 0.1) is 5.56 Å². The molecule has 1 aliphatic heterocycles. The predicted molar refractivity (Wildman–Crippen MR) is 117 cm³/mol. The Kier molecular flexibility index (Phi) is 6.42. The van der Waals surface area contributed by atoms with Crippen LogP contribution in [0.1, 0.15) is 41.2 Å². The van der Waals surface area contributed by atoms with E-state index in [2.05, 4.69) is 15.3 Å². The summed E-state index contributed by atoms with van der Waals surface area (Å²) in [5, 5.41) is 16.9. The van der Waals surface area contributed by atoms with Gasteiger partial charge in [-0.25, -0.2) is 0 Å². The molecule has 0 bridgehead atoms. The largest absolute Gasteiger partial charge is 0.419 e. The predicted octanol–water partition coefficient (Wildman–Crippen LogP) is 3.78. The molecule has 1 saturated carbocycles. The Balaban J connectivity index is 1.48. The molecule has 194 valence electrons. The van der Waals surface area contributed by atoms with Crippen LogP contribution in [-0.2, 0) is 6.18 Å². The minimum atomic E-state index is -4.71. The van der Waals surface area contributed by atoms with Gasteiger partial charge in [-0.15, -0.1) is 0 Å². The van der Waals surface area contributed by atoms with Gasteiger partial charge in [-0.1, -0.05) is 4.85 Å². The molecule has 2 aromatic rings. The molecule has 1 aliphatic carbocycles. The van der Waals surface area contributed by atoms with Crippen LogP contribution in [0.4, 0.5) is 37.8 Å². The number of nitrogens with zero attached hydrogens (tertiary/aromatic N) is 4. The van der Waals surface area contributed by atoms with Crippen LogP contribution in [-0.4, -0.2) is 62.6 Å². The second-order valence-electron chi connectivity index (χ2n) is 9.12. The van der Waals surface area contributed by atoms with Crippen molar-refractivity contribution in [1.82, 2.24) is 14.7 Å². The van der Waals surface area contributed by atoms with Crippen molar-refractivity contribution in [3.8, 4) is 6.57 Å². The molecule has 8 nitrogen and oxygen atoms in total. The normalized spacial score (nSPS) is 24.6. The number of likely N-dealkylation sites (tertiary alicyclic amines) is 1. The molecule has 1 aromatic carbocycles. The number of amides is 1. The van der Waals surface area contributed by atoms with Crippen molar-refractivity contribution < 1.29 is 36.2 Å². The van der Waals surface area contributed by atoms with Crippen LogP contribution in [0.5, 0.6) is 0 Å². The fraction of sp³-hybridized carbons (Fsp3) is 0.500. The molecule has 1 saturated heterocycles. The van der Waals surface area contributed by atoms with E-state index in [0.29, 0.717) is 19.3 Å². The Morgan fingerprint density at radius 3 is 2.33 bits per heavy atom. The van der Waals surface area contributed by atoms with Gasteiger partial charge in [0.1, 0.15) is 11.6 Å². The smallest absolute Gasteiger partial charge is 0.378 e. The van der Waals surface area contributed by atoms with E-state index in [9.17, 15) is 36.2 Å². The van der Waals surface area contributed by atoms with E-state index in [-0.39, 0.29) is 23.1 Å². The first-order valence-corrected chi connectivity index (χ1v) is 11.0. The zero-order chi connectivity index (χ0) is 26.5. The van der Waals surface area contributed by atoms with Crippen molar-refractivity contribution in [3.63, 3.8) is 0 Å². The number of β-amino-alcohol motifs (C(OH)–C–C–N with tert-alkyl or cyclic N) is 1. The third-order valence-electron chi connectivity index (χ3n) is 6.73. The molecular weight excluding hydrogens is 494 g/mol. The van der Waals surface area contributed by atoms with E-state index in [1.165, 1.54) is 27.9 Å². The summed E-state index contributed by atoms with van der Waals surface area (Å²) in [6, 6.07) is 2.86. The minimum absolute atomic E-state index is 0.00854. The molecule has 2 fully saturated rings. The topological polar surface area (TPSA) is 101 Å². The van der Waals surface area contributed by atoms with Crippen molar-refractivity contribution in [2.24, 2.45) is 5.73 Å². The second-order valence-corrected chi connectivity index (χ2v) is 9.12. The molecule has 36 heavy (non-hydrogen) atoms. The van der Waals surface area contributed by atoms with Crippen molar-refractivity contribution in [3.05, 3.63) is 46.4 Å². The number of carbonyl (C=O) groups is 1. The number of halogens is 6. The van der Waals surface area contributed by atoms with Crippen LogP contribution in [0.25, 0.3) is 4.85 Å². The summed E-state index contributed by atoms with van der Waals surface area (Å²) in [6.07, 6.45) is -6.64. The molecule has 1 amide bonds. The van der Waals surface area contributed by atoms with Crippen LogP contribution in [0.15, 0.2) is 30.5 Å². The average molecular weight is 517 g/mol. The third kappa shape index (κ3) is 4.85. The van der Waals surface area contributed by atoms with E-state index in [1.54, 1.807) is 0 Å². The fourth-order valence-corrected chi connectivity index (χ4v) is 4.69. The number of carbonyl (C=O) groups excluding carboxylic acids is 1. The quantitative estimate of drug-likeness (QED) is 0.525. The number of nitrogens with one attached hydrogen (secondary N) is 1. The molecule has 2 aliphatic rings. The number of benzene rings is 1. The van der Waals surface area contributed by atoms with Gasteiger partial charge in [0.2, 0.25) is 0 Å². The SMILES string of the molecule is C#[N+][C@H]1C[C@H](N2CC(O)(C(F)(F)F)C2)CC[C@@H]1n1cc(C(N)=O)c(Nc2ccc(C(F)(F)F)cc2)n1. The number of aromatic nitrogens is 2. The van der Waals surface area contributed by atoms with Gasteiger partial charge in [0.25, 0.3) is 18.5 Å². The Labute approximate surface area is 201 Å². The Morgan fingerprint density at radius 1 is 1.17 bits per heavy atom. The van der Waals surface area contributed by atoms with Crippen LogP contribution < -0.4 is 11.1 Å². The summed E-state index contributed by atoms with van der Waals surface area (Å²) in [7, 11) is 0. The Morgan fingerprint density at radius 2 is 1.81 bits per heavy atom. The van der Waals surface area contributed by atoms with Gasteiger partial charge >= 0.3 is 12.4 Å². The molecule has 0 unspecified atom stereocenters. The maximum Gasteiger partial charge on any atom is 0.419 e. The highest BCUT2D eigenvalue weighted by Crippen LogP contribution is 2.42. The van der Waals surface area contributed by atoms with Gasteiger partial charge in [0.15, 0.2) is 11.4 Å². The van der Waals surface area contributed by atoms with Gasteiger partial charge in [-0.3, -0.25) is 14.4 Å². The summed E-state index contributed by atoms with van der Waals surface area (Å²) in [6.45, 7) is 4.53. The van der Waals surface area contributed by atoms with E-state index in [4.69, 9.17) is 12.3 Å². The van der Waals surface area contributed by atoms with Crippen LogP contribution in [0.3, 0.4) is 0 Å². The van der Waals surface area contributed by atoms with E-state index in [0.717, 1.165) is 12.1 Å². The van der Waals surface area contributed by atoms with Crippen molar-refractivity contribution >= 4 is 17.4 Å². The monoisotopic (exact) mass is 517 g/mol. The number of alkyl halides is 6. The Bertz CT molecular complexity index is 1160. The van der Waals surface area contributed by atoms with Gasteiger partial charge in [-0.2, -0.15) is 31.4 Å². The number of hydrogen-bond donors (Lipinski definition) is 3. The molecule has 0 spiro atoms. The first-order chi connectivity index (χ1) is 16.7. The lowest BCUT2D eigenvalue weighted by Gasteiger charge is -2.51. The number of primary amides is 1. The molecular formula is C22H23F6N6O2+.